The van der Waals surface area contributed by atoms with Gasteiger partial charge in [-0.2, -0.15) is 5.10 Å². The van der Waals surface area contributed by atoms with E-state index in [0.29, 0.717) is 5.69 Å². The summed E-state index contributed by atoms with van der Waals surface area (Å²) in [6.07, 6.45) is 0. The van der Waals surface area contributed by atoms with Gasteiger partial charge in [0.1, 0.15) is 5.82 Å². The second kappa shape index (κ2) is 9.27. The van der Waals surface area contributed by atoms with E-state index in [1.54, 1.807) is 4.68 Å². The smallest absolute Gasteiger partial charge is 0.252 e. The highest BCUT2D eigenvalue weighted by atomic mass is 32.1. The number of carbonyl (C=O) groups excluding carboxylic acids is 1. The molecule has 0 aliphatic heterocycles. The number of halogens is 1. The lowest BCUT2D eigenvalue weighted by Crippen LogP contribution is -2.30. The lowest BCUT2D eigenvalue weighted by atomic mass is 10.1. The van der Waals surface area contributed by atoms with Crippen LogP contribution in [-0.4, -0.2) is 40.8 Å². The quantitative estimate of drug-likeness (QED) is 0.302. The summed E-state index contributed by atoms with van der Waals surface area (Å²) in [5.74, 6) is -0.584. The summed E-state index contributed by atoms with van der Waals surface area (Å²) < 4.78 is 16.7. The highest BCUT2D eigenvalue weighted by molar-refractivity contribution is 7.10. The lowest BCUT2D eigenvalue weighted by Gasteiger charge is -2.23. The molecule has 4 rings (SSSR count). The van der Waals surface area contributed by atoms with Gasteiger partial charge in [-0.15, -0.1) is 11.3 Å². The van der Waals surface area contributed by atoms with Crippen LogP contribution < -0.4 is 27.0 Å². The number of hydrogen-bond donors (Lipinski definition) is 4. The summed E-state index contributed by atoms with van der Waals surface area (Å²) in [6.45, 7) is 1.83. The van der Waals surface area contributed by atoms with Crippen LogP contribution in [-0.2, 0) is 7.05 Å². The molecule has 0 radical (unpaired) electrons. The Hall–Kier alpha value is -3.70. The third-order valence-corrected chi connectivity index (χ3v) is 6.38. The molecule has 1 aromatic carbocycles. The van der Waals surface area contributed by atoms with Crippen LogP contribution in [0.4, 0.5) is 27.5 Å². The number of nitrogens with zero attached hydrogens (tertiary/aromatic N) is 4. The zero-order valence-corrected chi connectivity index (χ0v) is 20.2. The molecule has 0 spiro atoms. The van der Waals surface area contributed by atoms with Gasteiger partial charge in [0.25, 0.3) is 5.91 Å². The number of rotatable bonds is 8. The Labute approximate surface area is 200 Å². The maximum atomic E-state index is 14.9. The number of primary amides is 1. The van der Waals surface area contributed by atoms with Crippen LogP contribution in [0, 0.1) is 5.82 Å². The molecular formula is C23H27FN8OS. The summed E-state index contributed by atoms with van der Waals surface area (Å²) in [5, 5.41) is 13.6. The number of benzene rings is 1. The number of carbonyl (C=O) groups is 1. The fraction of sp³-hybridized carbons (Fsp3) is 0.261. The van der Waals surface area contributed by atoms with Gasteiger partial charge in [-0.05, 0) is 42.6 Å². The molecule has 4 aromatic rings. The molecule has 3 heterocycles. The number of pyridine rings is 1. The highest BCUT2D eigenvalue weighted by Crippen LogP contribution is 2.31. The van der Waals surface area contributed by atoms with Crippen molar-refractivity contribution in [3.63, 3.8) is 0 Å². The predicted octanol–water partition coefficient (Wildman–Crippen LogP) is 3.58. The minimum Gasteiger partial charge on any atom is -0.365 e. The maximum Gasteiger partial charge on any atom is 0.252 e. The Bertz CT molecular complexity index is 1330. The van der Waals surface area contributed by atoms with E-state index < -0.39 is 11.7 Å². The van der Waals surface area contributed by atoms with Crippen LogP contribution in [0.25, 0.3) is 10.9 Å². The third kappa shape index (κ3) is 4.52. The molecule has 0 fully saturated rings. The van der Waals surface area contributed by atoms with Crippen molar-refractivity contribution in [3.05, 3.63) is 58.0 Å². The van der Waals surface area contributed by atoms with Gasteiger partial charge in [-0.3, -0.25) is 9.48 Å². The van der Waals surface area contributed by atoms with Gasteiger partial charge in [0.2, 0.25) is 0 Å². The Balaban J connectivity index is 1.74. The molecule has 6 N–H and O–H groups in total. The minimum absolute atomic E-state index is 0.0281. The first-order chi connectivity index (χ1) is 16.2. The molecule has 0 bridgehead atoms. The number of hydrogen-bond acceptors (Lipinski definition) is 8. The van der Waals surface area contributed by atoms with Crippen LogP contribution in [0.1, 0.15) is 28.2 Å². The van der Waals surface area contributed by atoms with Crippen LogP contribution in [0.3, 0.4) is 0 Å². The van der Waals surface area contributed by atoms with E-state index in [2.05, 4.69) is 20.7 Å². The molecule has 0 aliphatic carbocycles. The molecule has 3 aromatic heterocycles. The molecule has 178 valence electrons. The monoisotopic (exact) mass is 482 g/mol. The van der Waals surface area contributed by atoms with Crippen LogP contribution in [0.5, 0.6) is 0 Å². The summed E-state index contributed by atoms with van der Waals surface area (Å²) in [5.41, 5.74) is 13.2. The van der Waals surface area contributed by atoms with Gasteiger partial charge in [0.15, 0.2) is 17.5 Å². The molecule has 0 aliphatic rings. The third-order valence-electron chi connectivity index (χ3n) is 5.43. The van der Waals surface area contributed by atoms with Crippen LogP contribution in [0.2, 0.25) is 0 Å². The standard InChI is InChI=1S/C23H27FN8OS/c1-12(25)19(18-6-5-9-34-18)28-22-16(24)11-15(20(26)33)21(29-22)27-13-7-8-17-14(10-13)23(31(2)3)30-32(17)4/h5-12,19H,25H2,1-4H3,(H2,26,33)(H2,27,28,29)/t12-,19-/m0/s1. The van der Waals surface area contributed by atoms with E-state index in [1.165, 1.54) is 11.3 Å². The zero-order valence-electron chi connectivity index (χ0n) is 19.3. The number of nitrogens with two attached hydrogens (primary N) is 2. The van der Waals surface area contributed by atoms with Crippen molar-refractivity contribution in [2.75, 3.05) is 29.6 Å². The van der Waals surface area contributed by atoms with Crippen LogP contribution >= 0.6 is 11.3 Å². The van der Waals surface area contributed by atoms with E-state index in [1.807, 2.05) is 68.7 Å². The number of anilines is 4. The lowest BCUT2D eigenvalue weighted by molar-refractivity contribution is 0.100. The Morgan fingerprint density at radius 2 is 2.00 bits per heavy atom. The molecule has 9 nitrogen and oxygen atoms in total. The van der Waals surface area contributed by atoms with Gasteiger partial charge in [-0.1, -0.05) is 6.07 Å². The van der Waals surface area contributed by atoms with Crippen molar-refractivity contribution in [2.24, 2.45) is 18.5 Å². The van der Waals surface area contributed by atoms with E-state index in [-0.39, 0.29) is 29.3 Å². The zero-order chi connectivity index (χ0) is 24.6. The summed E-state index contributed by atoms with van der Waals surface area (Å²) in [4.78, 5) is 19.3. The van der Waals surface area contributed by atoms with E-state index >= 15 is 0 Å². The van der Waals surface area contributed by atoms with Crippen molar-refractivity contribution >= 4 is 51.3 Å². The highest BCUT2D eigenvalue weighted by Gasteiger charge is 2.22. The number of thiophene rings is 1. The topological polar surface area (TPSA) is 127 Å². The molecule has 1 amide bonds. The normalized spacial score (nSPS) is 13.0. The molecular weight excluding hydrogens is 455 g/mol. The molecule has 0 saturated carbocycles. The molecule has 2 atom stereocenters. The fourth-order valence-corrected chi connectivity index (χ4v) is 4.63. The Kier molecular flexibility index (Phi) is 6.40. The molecule has 0 saturated heterocycles. The van der Waals surface area contributed by atoms with Crippen LogP contribution in [0.15, 0.2) is 41.8 Å². The molecule has 34 heavy (non-hydrogen) atoms. The second-order valence-electron chi connectivity index (χ2n) is 8.27. The minimum atomic E-state index is -0.793. The summed E-state index contributed by atoms with van der Waals surface area (Å²) in [6, 6.07) is 9.88. The average molecular weight is 483 g/mol. The van der Waals surface area contributed by atoms with E-state index in [0.717, 1.165) is 27.7 Å². The van der Waals surface area contributed by atoms with Gasteiger partial charge >= 0.3 is 0 Å². The first-order valence-electron chi connectivity index (χ1n) is 10.6. The first-order valence-corrected chi connectivity index (χ1v) is 11.5. The number of fused-ring (bicyclic) bond motifs is 1. The van der Waals surface area contributed by atoms with Crippen molar-refractivity contribution < 1.29 is 9.18 Å². The summed E-state index contributed by atoms with van der Waals surface area (Å²) in [7, 11) is 5.69. The largest absolute Gasteiger partial charge is 0.365 e. The van der Waals surface area contributed by atoms with E-state index in [4.69, 9.17) is 11.5 Å². The summed E-state index contributed by atoms with van der Waals surface area (Å²) >= 11 is 1.51. The first kappa shape index (κ1) is 23.5. The van der Waals surface area contributed by atoms with Gasteiger partial charge in [0, 0.05) is 43.1 Å². The van der Waals surface area contributed by atoms with Gasteiger partial charge in [-0.25, -0.2) is 9.37 Å². The van der Waals surface area contributed by atoms with Crippen molar-refractivity contribution in [3.8, 4) is 0 Å². The SMILES string of the molecule is C[C@H](N)[C@H](Nc1nc(Nc2ccc3c(c2)c(N(C)C)nn3C)c(C(N)=O)cc1F)c1cccs1. The Morgan fingerprint density at radius 1 is 1.24 bits per heavy atom. The number of aryl methyl sites for hydroxylation is 1. The van der Waals surface area contributed by atoms with Crippen molar-refractivity contribution in [1.29, 1.82) is 0 Å². The maximum absolute atomic E-state index is 14.9. The van der Waals surface area contributed by atoms with Crippen molar-refractivity contribution in [1.82, 2.24) is 14.8 Å². The molecule has 0 unspecified atom stereocenters. The van der Waals surface area contributed by atoms with Crippen molar-refractivity contribution in [2.45, 2.75) is 19.0 Å². The number of nitrogens with one attached hydrogen (secondary N) is 2. The number of amides is 1. The van der Waals surface area contributed by atoms with Gasteiger partial charge < -0.3 is 27.0 Å². The average Bonchev–Trinajstić information content (AvgIpc) is 3.41. The van der Waals surface area contributed by atoms with Gasteiger partial charge in [0.05, 0.1) is 17.1 Å². The fourth-order valence-electron chi connectivity index (χ4n) is 3.74. The molecule has 11 heteroatoms. The second-order valence-corrected chi connectivity index (χ2v) is 9.25. The predicted molar refractivity (Wildman–Crippen MR) is 135 cm³/mol. The van der Waals surface area contributed by atoms with E-state index in [9.17, 15) is 9.18 Å². The Morgan fingerprint density at radius 3 is 2.62 bits per heavy atom. The number of aromatic nitrogens is 3.